The van der Waals surface area contributed by atoms with Crippen molar-refractivity contribution in [2.75, 3.05) is 11.9 Å². The van der Waals surface area contributed by atoms with E-state index in [1.165, 1.54) is 18.2 Å². The van der Waals surface area contributed by atoms with Crippen LogP contribution in [0.3, 0.4) is 0 Å². The lowest BCUT2D eigenvalue weighted by Crippen LogP contribution is -2.41. The first kappa shape index (κ1) is 17.5. The third-order valence-corrected chi connectivity index (χ3v) is 3.81. The molecule has 2 rings (SSSR count). The summed E-state index contributed by atoms with van der Waals surface area (Å²) >= 11 is 0. The van der Waals surface area contributed by atoms with Crippen LogP contribution in [0.5, 0.6) is 5.75 Å². The summed E-state index contributed by atoms with van der Waals surface area (Å²) in [5, 5.41) is 24.8. The van der Waals surface area contributed by atoms with Crippen LogP contribution in [0, 0.1) is 22.0 Å². The molecule has 0 aliphatic heterocycles. The molecule has 0 saturated carbocycles. The minimum atomic E-state index is -1.30. The number of nitro groups is 1. The minimum absolute atomic E-state index is 0.0000964. The van der Waals surface area contributed by atoms with Crippen LogP contribution >= 0.6 is 0 Å². The molecule has 1 aliphatic carbocycles. The monoisotopic (exact) mass is 333 g/mol. The topological polar surface area (TPSA) is 122 Å². The highest BCUT2D eigenvalue weighted by molar-refractivity contribution is 5.97. The summed E-state index contributed by atoms with van der Waals surface area (Å²) in [6, 6.07) is 4.09. The predicted octanol–water partition coefficient (Wildman–Crippen LogP) is 1.26. The van der Waals surface area contributed by atoms with Gasteiger partial charge in [0.25, 0.3) is 5.69 Å². The molecule has 0 fully saturated rings. The molecule has 24 heavy (non-hydrogen) atoms. The van der Waals surface area contributed by atoms with E-state index in [4.69, 9.17) is 4.74 Å². The second kappa shape index (κ2) is 7.58. The Balaban J connectivity index is 2.23. The number of hydrogen-bond donors (Lipinski definition) is 1. The van der Waals surface area contributed by atoms with Crippen molar-refractivity contribution in [3.8, 4) is 5.75 Å². The lowest BCUT2D eigenvalue weighted by molar-refractivity contribution is -0.384. The molecule has 2 atom stereocenters. The quantitative estimate of drug-likeness (QED) is 0.475. The van der Waals surface area contributed by atoms with Gasteiger partial charge in [0.1, 0.15) is 11.4 Å². The number of nitrogens with one attached hydrogen (secondary N) is 1. The van der Waals surface area contributed by atoms with Crippen molar-refractivity contribution < 1.29 is 24.4 Å². The number of carboxylic acids is 1. The van der Waals surface area contributed by atoms with Crippen LogP contribution in [0.25, 0.3) is 0 Å². The number of ether oxygens (including phenoxy) is 1. The molecule has 0 radical (unpaired) electrons. The molecule has 1 N–H and O–H groups in total. The smallest absolute Gasteiger partial charge is 0.296 e. The maximum atomic E-state index is 12.4. The fourth-order valence-corrected chi connectivity index (χ4v) is 2.61. The van der Waals surface area contributed by atoms with Gasteiger partial charge in [0.2, 0.25) is 5.91 Å². The van der Waals surface area contributed by atoms with E-state index in [2.05, 4.69) is 5.32 Å². The summed E-state index contributed by atoms with van der Waals surface area (Å²) in [7, 11) is 0. The molecule has 1 aromatic carbocycles. The first-order valence-electron chi connectivity index (χ1n) is 7.52. The average Bonchev–Trinajstić information content (AvgIpc) is 2.56. The molecule has 0 aromatic heterocycles. The van der Waals surface area contributed by atoms with Gasteiger partial charge in [0, 0.05) is 11.9 Å². The molecule has 1 amide bonds. The zero-order chi connectivity index (χ0) is 17.7. The van der Waals surface area contributed by atoms with E-state index in [9.17, 15) is 24.8 Å². The summed E-state index contributed by atoms with van der Waals surface area (Å²) in [5.74, 6) is -3.35. The maximum Gasteiger partial charge on any atom is 0.296 e. The second-order valence-corrected chi connectivity index (χ2v) is 5.33. The van der Waals surface area contributed by atoms with Crippen molar-refractivity contribution in [1.82, 2.24) is 0 Å². The normalized spacial score (nSPS) is 19.5. The number of carbonyl (C=O) groups excluding carboxylic acids is 2. The number of amides is 1. The van der Waals surface area contributed by atoms with Gasteiger partial charge in [-0.15, -0.1) is 0 Å². The molecule has 0 unspecified atom stereocenters. The molecule has 8 nitrogen and oxygen atoms in total. The Bertz CT molecular complexity index is 685. The highest BCUT2D eigenvalue weighted by Crippen LogP contribution is 2.31. The van der Waals surface area contributed by atoms with Crippen molar-refractivity contribution in [3.05, 3.63) is 40.5 Å². The van der Waals surface area contributed by atoms with E-state index in [-0.39, 0.29) is 24.2 Å². The Morgan fingerprint density at radius 1 is 1.29 bits per heavy atom. The van der Waals surface area contributed by atoms with Crippen molar-refractivity contribution >= 4 is 23.3 Å². The third-order valence-electron chi connectivity index (χ3n) is 3.81. The molecule has 1 aromatic rings. The van der Waals surface area contributed by atoms with Crippen molar-refractivity contribution in [2.24, 2.45) is 11.8 Å². The van der Waals surface area contributed by atoms with Crippen LogP contribution in [0.1, 0.15) is 19.8 Å². The van der Waals surface area contributed by atoms with Crippen LogP contribution < -0.4 is 15.2 Å². The van der Waals surface area contributed by atoms with E-state index in [1.807, 2.05) is 0 Å². The second-order valence-electron chi connectivity index (χ2n) is 5.33. The highest BCUT2D eigenvalue weighted by atomic mass is 16.6. The van der Waals surface area contributed by atoms with E-state index in [0.717, 1.165) is 0 Å². The molecule has 128 valence electrons. The Morgan fingerprint density at radius 3 is 2.54 bits per heavy atom. The first-order chi connectivity index (χ1) is 11.4. The minimum Gasteiger partial charge on any atom is -0.550 e. The number of anilines is 1. The number of hydrogen-bond acceptors (Lipinski definition) is 6. The Kier molecular flexibility index (Phi) is 5.51. The van der Waals surface area contributed by atoms with Gasteiger partial charge in [-0.25, -0.2) is 0 Å². The number of carbonyl (C=O) groups is 2. The lowest BCUT2D eigenvalue weighted by Gasteiger charge is -2.28. The Hall–Kier alpha value is -2.90. The summed E-state index contributed by atoms with van der Waals surface area (Å²) in [6.45, 7) is 2.10. The molecule has 0 spiro atoms. The number of nitro benzene ring substituents is 1. The van der Waals surface area contributed by atoms with Crippen molar-refractivity contribution in [3.63, 3.8) is 0 Å². The largest absolute Gasteiger partial charge is 0.550 e. The number of allylic oxidation sites excluding steroid dienone is 2. The van der Waals surface area contributed by atoms with E-state index in [0.29, 0.717) is 12.4 Å². The number of benzene rings is 1. The van der Waals surface area contributed by atoms with E-state index >= 15 is 0 Å². The molecular formula is C16H17N2O6-. The standard InChI is InChI=1S/C16H18N2O6/c1-2-24-10-7-8-13(14(9-10)18(22)23)17-15(19)11-5-3-4-6-12(11)16(20)21/h3-4,7-9,11-12H,2,5-6H2,1H3,(H,17,19)(H,20,21)/p-1/t11-,12+/m0/s1. The summed E-state index contributed by atoms with van der Waals surface area (Å²) < 4.78 is 5.21. The third kappa shape index (κ3) is 3.89. The fourth-order valence-electron chi connectivity index (χ4n) is 2.61. The van der Waals surface area contributed by atoms with Gasteiger partial charge in [0.05, 0.1) is 23.5 Å². The summed E-state index contributed by atoms with van der Waals surface area (Å²) in [4.78, 5) is 34.1. The molecule has 0 heterocycles. The van der Waals surface area contributed by atoms with Crippen molar-refractivity contribution in [1.29, 1.82) is 0 Å². The van der Waals surface area contributed by atoms with Gasteiger partial charge < -0.3 is 20.0 Å². The van der Waals surface area contributed by atoms with E-state index in [1.54, 1.807) is 19.1 Å². The molecular weight excluding hydrogens is 316 g/mol. The van der Waals surface area contributed by atoms with Gasteiger partial charge in [-0.1, -0.05) is 12.2 Å². The van der Waals surface area contributed by atoms with Crippen LogP contribution in [0.2, 0.25) is 0 Å². The zero-order valence-corrected chi connectivity index (χ0v) is 13.1. The van der Waals surface area contributed by atoms with Gasteiger partial charge in [-0.05, 0) is 31.9 Å². The predicted molar refractivity (Wildman–Crippen MR) is 83.3 cm³/mol. The van der Waals surface area contributed by atoms with Gasteiger partial charge in [0.15, 0.2) is 0 Å². The maximum absolute atomic E-state index is 12.4. The van der Waals surface area contributed by atoms with Crippen molar-refractivity contribution in [2.45, 2.75) is 19.8 Å². The number of aliphatic carboxylic acids is 1. The Morgan fingerprint density at radius 2 is 1.96 bits per heavy atom. The van der Waals surface area contributed by atoms with Gasteiger partial charge in [-0.2, -0.15) is 0 Å². The molecule has 1 aliphatic rings. The van der Waals surface area contributed by atoms with Crippen LogP contribution in [0.4, 0.5) is 11.4 Å². The van der Waals surface area contributed by atoms with Crippen LogP contribution in [-0.4, -0.2) is 23.4 Å². The van der Waals surface area contributed by atoms with E-state index < -0.39 is 28.6 Å². The number of nitrogens with zero attached hydrogens (tertiary/aromatic N) is 1. The number of carboxylic acid groups (broad SMARTS) is 1. The summed E-state index contributed by atoms with van der Waals surface area (Å²) in [6.07, 6.45) is 3.85. The Labute approximate surface area is 138 Å². The summed E-state index contributed by atoms with van der Waals surface area (Å²) in [5.41, 5.74) is -0.314. The SMILES string of the molecule is CCOc1ccc(NC(=O)[C@H]2CC=CC[C@H]2C(=O)[O-])c([N+](=O)[O-])c1. The average molecular weight is 333 g/mol. The van der Waals surface area contributed by atoms with Crippen LogP contribution in [0.15, 0.2) is 30.4 Å². The molecule has 0 saturated heterocycles. The lowest BCUT2D eigenvalue weighted by atomic mass is 9.82. The highest BCUT2D eigenvalue weighted by Gasteiger charge is 2.31. The zero-order valence-electron chi connectivity index (χ0n) is 13.1. The van der Waals surface area contributed by atoms with Gasteiger partial charge in [-0.3, -0.25) is 14.9 Å². The number of rotatable bonds is 6. The fraction of sp³-hybridized carbons (Fsp3) is 0.375. The molecule has 8 heteroatoms. The van der Waals surface area contributed by atoms with Crippen LogP contribution in [-0.2, 0) is 9.59 Å². The first-order valence-corrected chi connectivity index (χ1v) is 7.52. The van der Waals surface area contributed by atoms with Gasteiger partial charge >= 0.3 is 0 Å². The molecule has 0 bridgehead atoms.